The van der Waals surface area contributed by atoms with Crippen LogP contribution in [0.2, 0.25) is 0 Å². The topological polar surface area (TPSA) is 40.5 Å². The molecule has 0 aliphatic rings. The van der Waals surface area contributed by atoms with Crippen molar-refractivity contribution >= 4 is 34.3 Å². The van der Waals surface area contributed by atoms with Crippen molar-refractivity contribution < 1.29 is 9.90 Å². The van der Waals surface area contributed by atoms with E-state index in [1.54, 1.807) is 0 Å². The Hall–Kier alpha value is -0.580. The van der Waals surface area contributed by atoms with E-state index in [4.69, 9.17) is 5.11 Å². The number of hydrogen-bond donors (Lipinski definition) is 1. The van der Waals surface area contributed by atoms with Gasteiger partial charge in [-0.25, -0.2) is 0 Å². The average molecular weight is 337 g/mol. The van der Waals surface area contributed by atoms with Crippen molar-refractivity contribution in [1.82, 2.24) is 4.90 Å². The molecular formula is C13H19BrClNO2. The van der Waals surface area contributed by atoms with Crippen LogP contribution in [0.3, 0.4) is 0 Å². The summed E-state index contributed by atoms with van der Waals surface area (Å²) in [6, 6.07) is 8.04. The molecule has 1 rings (SSSR count). The zero-order valence-electron chi connectivity index (χ0n) is 10.6. The molecule has 0 radical (unpaired) electrons. The van der Waals surface area contributed by atoms with Gasteiger partial charge in [0.25, 0.3) is 0 Å². The van der Waals surface area contributed by atoms with Crippen LogP contribution in [0.15, 0.2) is 28.7 Å². The molecular weight excluding hydrogens is 318 g/mol. The van der Waals surface area contributed by atoms with Gasteiger partial charge in [0.1, 0.15) is 0 Å². The summed E-state index contributed by atoms with van der Waals surface area (Å²) in [5.74, 6) is -0.780. The number of carboxylic acid groups (broad SMARTS) is 1. The summed E-state index contributed by atoms with van der Waals surface area (Å²) in [4.78, 5) is 12.8. The second-order valence-corrected chi connectivity index (χ2v) is 4.92. The first kappa shape index (κ1) is 17.4. The molecule has 1 N–H and O–H groups in total. The van der Waals surface area contributed by atoms with E-state index in [-0.39, 0.29) is 25.0 Å². The van der Waals surface area contributed by atoms with Gasteiger partial charge in [-0.05, 0) is 31.5 Å². The molecule has 0 bridgehead atoms. The van der Waals surface area contributed by atoms with Crippen molar-refractivity contribution in [2.45, 2.75) is 26.3 Å². The van der Waals surface area contributed by atoms with E-state index in [1.807, 2.05) is 36.1 Å². The van der Waals surface area contributed by atoms with Crippen molar-refractivity contribution in [3.63, 3.8) is 0 Å². The predicted molar refractivity (Wildman–Crippen MR) is 79.3 cm³/mol. The van der Waals surface area contributed by atoms with Gasteiger partial charge in [0.05, 0.1) is 6.54 Å². The molecule has 0 heterocycles. The lowest BCUT2D eigenvalue weighted by Gasteiger charge is -2.28. The van der Waals surface area contributed by atoms with E-state index in [1.165, 1.54) is 0 Å². The Morgan fingerprint density at radius 2 is 2.06 bits per heavy atom. The lowest BCUT2D eigenvalue weighted by Crippen LogP contribution is -2.33. The fraction of sp³-hybridized carbons (Fsp3) is 0.462. The molecule has 5 heteroatoms. The molecule has 1 aromatic rings. The smallest absolute Gasteiger partial charge is 0.317 e. The molecule has 0 spiro atoms. The molecule has 0 aromatic heterocycles. The first-order valence-corrected chi connectivity index (χ1v) is 6.55. The highest BCUT2D eigenvalue weighted by Crippen LogP contribution is 2.27. The van der Waals surface area contributed by atoms with E-state index < -0.39 is 5.97 Å². The van der Waals surface area contributed by atoms with E-state index in [0.29, 0.717) is 0 Å². The molecule has 0 amide bonds. The third-order valence-electron chi connectivity index (χ3n) is 2.75. The summed E-state index contributed by atoms with van der Waals surface area (Å²) >= 11 is 3.51. The molecule has 1 unspecified atom stereocenters. The van der Waals surface area contributed by atoms with Gasteiger partial charge < -0.3 is 5.11 Å². The van der Waals surface area contributed by atoms with Crippen LogP contribution < -0.4 is 0 Å². The highest BCUT2D eigenvalue weighted by atomic mass is 79.9. The molecule has 1 atom stereocenters. The van der Waals surface area contributed by atoms with Crippen molar-refractivity contribution in [2.75, 3.05) is 13.1 Å². The van der Waals surface area contributed by atoms with Crippen LogP contribution >= 0.6 is 28.3 Å². The molecule has 0 saturated heterocycles. The highest BCUT2D eigenvalue weighted by Gasteiger charge is 2.19. The molecule has 18 heavy (non-hydrogen) atoms. The van der Waals surface area contributed by atoms with Gasteiger partial charge in [-0.1, -0.05) is 41.1 Å². The van der Waals surface area contributed by atoms with Crippen molar-refractivity contribution in [1.29, 1.82) is 0 Å². The second-order valence-electron chi connectivity index (χ2n) is 4.06. The molecule has 0 fully saturated rings. The van der Waals surface area contributed by atoms with E-state index in [9.17, 15) is 4.79 Å². The lowest BCUT2D eigenvalue weighted by molar-refractivity contribution is -0.138. The second kappa shape index (κ2) is 8.51. The number of carbonyl (C=O) groups is 1. The Balaban J connectivity index is 0.00000289. The predicted octanol–water partition coefficient (Wildman–Crippen LogP) is 3.73. The first-order valence-electron chi connectivity index (χ1n) is 5.76. The number of nitrogens with zero attached hydrogens (tertiary/aromatic N) is 1. The fourth-order valence-corrected chi connectivity index (χ4v) is 2.50. The van der Waals surface area contributed by atoms with Gasteiger partial charge >= 0.3 is 5.97 Å². The average Bonchev–Trinajstić information content (AvgIpc) is 2.28. The molecule has 0 saturated carbocycles. The highest BCUT2D eigenvalue weighted by molar-refractivity contribution is 9.10. The third-order valence-corrected chi connectivity index (χ3v) is 3.47. The minimum atomic E-state index is -0.780. The van der Waals surface area contributed by atoms with E-state index in [2.05, 4.69) is 22.9 Å². The number of aliphatic carboxylic acids is 1. The Kier molecular flexibility index (Phi) is 8.24. The largest absolute Gasteiger partial charge is 0.480 e. The van der Waals surface area contributed by atoms with Crippen molar-refractivity contribution in [2.24, 2.45) is 0 Å². The first-order chi connectivity index (χ1) is 8.06. The molecule has 102 valence electrons. The minimum absolute atomic E-state index is 0. The van der Waals surface area contributed by atoms with Crippen molar-refractivity contribution in [3.05, 3.63) is 34.3 Å². The molecule has 0 aliphatic heterocycles. The van der Waals surface area contributed by atoms with Gasteiger partial charge in [0.2, 0.25) is 0 Å². The SMILES string of the molecule is CCCN(CC(=O)O)C(C)c1ccccc1Br.Cl. The summed E-state index contributed by atoms with van der Waals surface area (Å²) in [5, 5.41) is 8.92. The Bertz CT molecular complexity index is 387. The van der Waals surface area contributed by atoms with Gasteiger partial charge in [-0.15, -0.1) is 12.4 Å². The van der Waals surface area contributed by atoms with Crippen LogP contribution in [0, 0.1) is 0 Å². The number of halogens is 2. The van der Waals surface area contributed by atoms with Crippen LogP contribution in [0.4, 0.5) is 0 Å². The maximum atomic E-state index is 10.9. The number of carboxylic acids is 1. The molecule has 1 aromatic carbocycles. The van der Waals surface area contributed by atoms with E-state index in [0.717, 1.165) is 23.0 Å². The van der Waals surface area contributed by atoms with Crippen LogP contribution in [0.25, 0.3) is 0 Å². The summed E-state index contributed by atoms with van der Waals surface area (Å²) in [6.07, 6.45) is 0.947. The lowest BCUT2D eigenvalue weighted by atomic mass is 10.1. The summed E-state index contributed by atoms with van der Waals surface area (Å²) in [6.45, 7) is 4.96. The monoisotopic (exact) mass is 335 g/mol. The summed E-state index contributed by atoms with van der Waals surface area (Å²) in [5.41, 5.74) is 1.13. The van der Waals surface area contributed by atoms with Gasteiger partial charge in [-0.2, -0.15) is 0 Å². The van der Waals surface area contributed by atoms with Crippen LogP contribution in [0.1, 0.15) is 31.9 Å². The quantitative estimate of drug-likeness (QED) is 0.860. The fourth-order valence-electron chi connectivity index (χ4n) is 1.88. The maximum Gasteiger partial charge on any atom is 0.317 e. The summed E-state index contributed by atoms with van der Waals surface area (Å²) in [7, 11) is 0. The maximum absolute atomic E-state index is 10.9. The normalized spacial score (nSPS) is 12.0. The number of benzene rings is 1. The van der Waals surface area contributed by atoms with Gasteiger partial charge in [0.15, 0.2) is 0 Å². The van der Waals surface area contributed by atoms with Crippen LogP contribution in [0.5, 0.6) is 0 Å². The van der Waals surface area contributed by atoms with E-state index >= 15 is 0 Å². The zero-order valence-corrected chi connectivity index (χ0v) is 13.0. The number of hydrogen-bond acceptors (Lipinski definition) is 2. The van der Waals surface area contributed by atoms with Crippen LogP contribution in [-0.4, -0.2) is 29.1 Å². The third kappa shape index (κ3) is 4.96. The Labute approximate surface area is 123 Å². The van der Waals surface area contributed by atoms with Gasteiger partial charge in [-0.3, -0.25) is 9.69 Å². The van der Waals surface area contributed by atoms with Crippen LogP contribution in [-0.2, 0) is 4.79 Å². The molecule has 3 nitrogen and oxygen atoms in total. The number of rotatable bonds is 6. The minimum Gasteiger partial charge on any atom is -0.480 e. The molecule has 0 aliphatic carbocycles. The Morgan fingerprint density at radius 3 is 2.56 bits per heavy atom. The Morgan fingerprint density at radius 1 is 1.44 bits per heavy atom. The van der Waals surface area contributed by atoms with Crippen molar-refractivity contribution in [3.8, 4) is 0 Å². The summed E-state index contributed by atoms with van der Waals surface area (Å²) < 4.78 is 1.03. The van der Waals surface area contributed by atoms with Gasteiger partial charge in [0, 0.05) is 10.5 Å². The standard InChI is InChI=1S/C13H18BrNO2.ClH/c1-3-8-15(9-13(16)17)10(2)11-6-4-5-7-12(11)14;/h4-7,10H,3,8-9H2,1-2H3,(H,16,17);1H. The zero-order chi connectivity index (χ0) is 12.8.